The average Bonchev–Trinajstić information content (AvgIpc) is 3.17. The van der Waals surface area contributed by atoms with Crippen molar-refractivity contribution in [3.05, 3.63) is 74.6 Å². The second kappa shape index (κ2) is 10.5. The average molecular weight is 556 g/mol. The van der Waals surface area contributed by atoms with Gasteiger partial charge in [0.15, 0.2) is 0 Å². The van der Waals surface area contributed by atoms with Crippen molar-refractivity contribution in [2.24, 2.45) is 11.3 Å². The fourth-order valence-electron chi connectivity index (χ4n) is 4.42. The maximum Gasteiger partial charge on any atom is 0.258 e. The van der Waals surface area contributed by atoms with Gasteiger partial charge in [-0.3, -0.25) is 9.59 Å². The number of amides is 2. The lowest BCUT2D eigenvalue weighted by atomic mass is 9.72. The van der Waals surface area contributed by atoms with Crippen LogP contribution in [0, 0.1) is 11.3 Å². The van der Waals surface area contributed by atoms with Gasteiger partial charge in [-0.15, -0.1) is 11.3 Å². The van der Waals surface area contributed by atoms with Crippen LogP contribution in [0.4, 0.5) is 10.7 Å². The molecule has 1 atom stereocenters. The molecule has 0 saturated carbocycles. The van der Waals surface area contributed by atoms with Crippen molar-refractivity contribution in [3.63, 3.8) is 0 Å². The van der Waals surface area contributed by atoms with Crippen LogP contribution in [0.3, 0.4) is 0 Å². The van der Waals surface area contributed by atoms with Crippen LogP contribution in [0.1, 0.15) is 65.3 Å². The number of carbonyl (C=O) groups is 2. The molecule has 0 fully saturated rings. The van der Waals surface area contributed by atoms with E-state index in [1.54, 1.807) is 12.1 Å². The van der Waals surface area contributed by atoms with Gasteiger partial charge in [0, 0.05) is 20.6 Å². The molecule has 35 heavy (non-hydrogen) atoms. The van der Waals surface area contributed by atoms with Gasteiger partial charge in [-0.2, -0.15) is 0 Å². The summed E-state index contributed by atoms with van der Waals surface area (Å²) in [6.07, 6.45) is 2.77. The smallest absolute Gasteiger partial charge is 0.258 e. The topological polar surface area (TPSA) is 67.4 Å². The number of hydrogen-bond acceptors (Lipinski definition) is 4. The van der Waals surface area contributed by atoms with Gasteiger partial charge in [0.05, 0.1) is 12.2 Å². The number of thiophene rings is 1. The number of fused-ring (bicyclic) bond motifs is 1. The zero-order chi connectivity index (χ0) is 25.2. The normalized spacial score (nSPS) is 15.3. The first-order chi connectivity index (χ1) is 16.7. The lowest BCUT2D eigenvalue weighted by Crippen LogP contribution is -2.27. The second-order valence-corrected chi connectivity index (χ2v) is 11.9. The summed E-state index contributed by atoms with van der Waals surface area (Å²) in [5, 5.41) is 6.67. The quantitative estimate of drug-likeness (QED) is 0.330. The minimum Gasteiger partial charge on any atom is -0.494 e. The van der Waals surface area contributed by atoms with Crippen LogP contribution in [0.25, 0.3) is 0 Å². The van der Waals surface area contributed by atoms with E-state index in [0.29, 0.717) is 34.3 Å². The molecule has 0 saturated heterocycles. The number of hydrogen-bond donors (Lipinski definition) is 2. The molecule has 1 aliphatic rings. The fourth-order valence-corrected chi connectivity index (χ4v) is 6.01. The number of carbonyl (C=O) groups excluding carboxylic acids is 2. The van der Waals surface area contributed by atoms with Crippen LogP contribution in [-0.4, -0.2) is 18.4 Å². The largest absolute Gasteiger partial charge is 0.494 e. The van der Waals surface area contributed by atoms with Gasteiger partial charge in [0.25, 0.3) is 11.8 Å². The van der Waals surface area contributed by atoms with Gasteiger partial charge in [-0.25, -0.2) is 0 Å². The van der Waals surface area contributed by atoms with Gasteiger partial charge in [-0.05, 0) is 91.6 Å². The van der Waals surface area contributed by atoms with Crippen LogP contribution in [0.2, 0.25) is 0 Å². The van der Waals surface area contributed by atoms with Crippen LogP contribution in [0.5, 0.6) is 5.75 Å². The Balaban J connectivity index is 1.64. The molecule has 0 radical (unpaired) electrons. The van der Waals surface area contributed by atoms with Crippen LogP contribution >= 0.6 is 27.3 Å². The van der Waals surface area contributed by atoms with E-state index in [1.165, 1.54) is 16.2 Å². The molecule has 3 aromatic rings. The summed E-state index contributed by atoms with van der Waals surface area (Å²) in [6.45, 7) is 9.33. The van der Waals surface area contributed by atoms with E-state index in [4.69, 9.17) is 4.74 Å². The first kappa shape index (κ1) is 25.5. The van der Waals surface area contributed by atoms with Crippen LogP contribution in [-0.2, 0) is 12.8 Å². The number of nitrogens with one attached hydrogen (secondary N) is 2. The molecule has 1 unspecified atom stereocenters. The van der Waals surface area contributed by atoms with Gasteiger partial charge in [0.1, 0.15) is 10.8 Å². The first-order valence-corrected chi connectivity index (χ1v) is 13.5. The molecule has 0 aliphatic heterocycles. The Morgan fingerprint density at radius 3 is 2.34 bits per heavy atom. The zero-order valence-corrected chi connectivity index (χ0v) is 22.9. The van der Waals surface area contributed by atoms with E-state index in [2.05, 4.69) is 47.3 Å². The highest BCUT2D eigenvalue weighted by Gasteiger charge is 2.34. The Labute approximate surface area is 219 Å². The molecule has 2 aromatic carbocycles. The highest BCUT2D eigenvalue weighted by molar-refractivity contribution is 9.10. The summed E-state index contributed by atoms with van der Waals surface area (Å²) in [5.74, 6) is 0.866. The lowest BCUT2D eigenvalue weighted by molar-refractivity contribution is 0.102. The molecule has 1 aromatic heterocycles. The van der Waals surface area contributed by atoms with E-state index in [9.17, 15) is 9.59 Å². The third-order valence-corrected chi connectivity index (χ3v) is 8.17. The standard InChI is InChI=1S/C28H31BrN2O3S/c1-5-34-21-13-11-20(12-14-21)30-26(33)24-22-15-8-18(28(2,3)4)16-23(22)35-27(24)31-25(32)17-6-9-19(29)10-7-17/h6-7,9-14,18H,5,8,15-16H2,1-4H3,(H,30,33)(H,31,32). The molecule has 2 N–H and O–H groups in total. The van der Waals surface area contributed by atoms with Gasteiger partial charge in [0.2, 0.25) is 0 Å². The highest BCUT2D eigenvalue weighted by atomic mass is 79.9. The summed E-state index contributed by atoms with van der Waals surface area (Å²) in [4.78, 5) is 27.7. The molecule has 7 heteroatoms. The third kappa shape index (κ3) is 5.96. The summed E-state index contributed by atoms with van der Waals surface area (Å²) in [5.41, 5.74) is 3.06. The number of rotatable bonds is 6. The third-order valence-electron chi connectivity index (χ3n) is 6.47. The summed E-state index contributed by atoms with van der Waals surface area (Å²) >= 11 is 4.94. The molecule has 2 amide bonds. The SMILES string of the molecule is CCOc1ccc(NC(=O)c2c(NC(=O)c3ccc(Br)cc3)sc3c2CCC(C(C)(C)C)C3)cc1. The molecular weight excluding hydrogens is 524 g/mol. The van der Waals surface area contributed by atoms with Crippen LogP contribution < -0.4 is 15.4 Å². The Morgan fingerprint density at radius 2 is 1.71 bits per heavy atom. The predicted molar refractivity (Wildman–Crippen MR) is 147 cm³/mol. The zero-order valence-electron chi connectivity index (χ0n) is 20.5. The molecule has 184 valence electrons. The second-order valence-electron chi connectivity index (χ2n) is 9.89. The molecule has 0 spiro atoms. The predicted octanol–water partition coefficient (Wildman–Crippen LogP) is 7.56. The number of benzene rings is 2. The van der Waals surface area contributed by atoms with Crippen LogP contribution in [0.15, 0.2) is 53.0 Å². The monoisotopic (exact) mass is 554 g/mol. The molecule has 4 rings (SSSR count). The number of halogens is 1. The molecule has 5 nitrogen and oxygen atoms in total. The Bertz CT molecular complexity index is 1210. The number of anilines is 2. The van der Waals surface area contributed by atoms with Crippen molar-refractivity contribution in [1.29, 1.82) is 0 Å². The molecule has 1 heterocycles. The molecule has 1 aliphatic carbocycles. The van der Waals surface area contributed by atoms with Gasteiger partial charge >= 0.3 is 0 Å². The lowest BCUT2D eigenvalue weighted by Gasteiger charge is -2.33. The van der Waals surface area contributed by atoms with Gasteiger partial charge < -0.3 is 15.4 Å². The van der Waals surface area contributed by atoms with E-state index < -0.39 is 0 Å². The van der Waals surface area contributed by atoms with E-state index >= 15 is 0 Å². The first-order valence-electron chi connectivity index (χ1n) is 11.9. The molecule has 0 bridgehead atoms. The van der Waals surface area contributed by atoms with E-state index in [-0.39, 0.29) is 17.2 Å². The Kier molecular flexibility index (Phi) is 7.67. The Hall–Kier alpha value is -2.64. The minimum absolute atomic E-state index is 0.188. The van der Waals surface area contributed by atoms with Crippen molar-refractivity contribution in [2.75, 3.05) is 17.2 Å². The van der Waals surface area contributed by atoms with E-state index in [1.807, 2.05) is 43.3 Å². The summed E-state index contributed by atoms with van der Waals surface area (Å²) < 4.78 is 6.41. The fraction of sp³-hybridized carbons (Fsp3) is 0.357. The van der Waals surface area contributed by atoms with Crippen molar-refractivity contribution < 1.29 is 14.3 Å². The number of ether oxygens (including phenoxy) is 1. The minimum atomic E-state index is -0.224. The van der Waals surface area contributed by atoms with Crippen molar-refractivity contribution in [3.8, 4) is 5.75 Å². The maximum atomic E-state index is 13.5. The molecular formula is C28H31BrN2O3S. The van der Waals surface area contributed by atoms with Gasteiger partial charge in [-0.1, -0.05) is 36.7 Å². The maximum absolute atomic E-state index is 13.5. The van der Waals surface area contributed by atoms with Crippen molar-refractivity contribution in [2.45, 2.75) is 47.0 Å². The Morgan fingerprint density at radius 1 is 1.03 bits per heavy atom. The van der Waals surface area contributed by atoms with Crippen molar-refractivity contribution in [1.82, 2.24) is 0 Å². The summed E-state index contributed by atoms with van der Waals surface area (Å²) in [6, 6.07) is 14.5. The highest BCUT2D eigenvalue weighted by Crippen LogP contribution is 2.44. The summed E-state index contributed by atoms with van der Waals surface area (Å²) in [7, 11) is 0. The van der Waals surface area contributed by atoms with Crippen molar-refractivity contribution >= 4 is 49.8 Å². The van der Waals surface area contributed by atoms with E-state index in [0.717, 1.165) is 35.0 Å².